The van der Waals surface area contributed by atoms with Crippen molar-refractivity contribution >= 4 is 67.8 Å². The molecule has 4 aromatic rings. The van der Waals surface area contributed by atoms with Crippen LogP contribution in [0.3, 0.4) is 0 Å². The van der Waals surface area contributed by atoms with Crippen LogP contribution in [0, 0.1) is 6.92 Å². The number of carbonyl (C=O) groups excluding carboxylic acids is 1. The van der Waals surface area contributed by atoms with E-state index in [9.17, 15) is 4.79 Å². The minimum absolute atomic E-state index is 0.0737. The van der Waals surface area contributed by atoms with E-state index in [0.717, 1.165) is 31.5 Å². The predicted octanol–water partition coefficient (Wildman–Crippen LogP) is 5.63. The largest absolute Gasteiger partial charge is 0.310 e. The van der Waals surface area contributed by atoms with Crippen molar-refractivity contribution in [2.45, 2.75) is 19.3 Å². The number of carbonyl (C=O) groups is 1. The number of hydrogen-bond donors (Lipinski definition) is 1. The molecule has 1 aromatic carbocycles. The van der Waals surface area contributed by atoms with Crippen molar-refractivity contribution in [3.05, 3.63) is 55.8 Å². The first-order valence-corrected chi connectivity index (χ1v) is 10.6. The highest BCUT2D eigenvalue weighted by Gasteiger charge is 2.35. The number of para-hydroxylation sites is 1. The molecular formula is C18H12Cl2N4OS2. The molecule has 0 fully saturated rings. The van der Waals surface area contributed by atoms with Gasteiger partial charge in [-0.3, -0.25) is 4.79 Å². The highest BCUT2D eigenvalue weighted by Crippen LogP contribution is 2.46. The van der Waals surface area contributed by atoms with E-state index < -0.39 is 0 Å². The molecule has 1 N–H and O–H groups in total. The van der Waals surface area contributed by atoms with Gasteiger partial charge in [0.1, 0.15) is 5.82 Å². The summed E-state index contributed by atoms with van der Waals surface area (Å²) in [6.07, 6.45) is 0.315. The molecule has 1 amide bonds. The summed E-state index contributed by atoms with van der Waals surface area (Å²) < 4.78 is 3.41. The maximum Gasteiger partial charge on any atom is 0.226 e. The molecule has 3 aromatic heterocycles. The topological polar surface area (TPSA) is 59.8 Å². The van der Waals surface area contributed by atoms with Crippen molar-refractivity contribution in [1.29, 1.82) is 0 Å². The Morgan fingerprint density at radius 1 is 1.26 bits per heavy atom. The second kappa shape index (κ2) is 6.31. The van der Waals surface area contributed by atoms with Crippen molar-refractivity contribution < 1.29 is 4.79 Å². The van der Waals surface area contributed by atoms with Crippen LogP contribution in [-0.2, 0) is 4.79 Å². The molecule has 136 valence electrons. The van der Waals surface area contributed by atoms with E-state index in [1.54, 1.807) is 10.7 Å². The molecule has 1 aliphatic rings. The van der Waals surface area contributed by atoms with Gasteiger partial charge in [0, 0.05) is 22.8 Å². The Morgan fingerprint density at radius 3 is 2.81 bits per heavy atom. The van der Waals surface area contributed by atoms with Crippen molar-refractivity contribution in [2.24, 2.45) is 0 Å². The van der Waals surface area contributed by atoms with Crippen LogP contribution < -0.4 is 5.32 Å². The molecular weight excluding hydrogens is 423 g/mol. The number of thiazole rings is 1. The molecule has 1 aliphatic heterocycles. The van der Waals surface area contributed by atoms with Crippen LogP contribution >= 0.6 is 45.9 Å². The van der Waals surface area contributed by atoms with Crippen molar-refractivity contribution in [1.82, 2.24) is 14.8 Å². The van der Waals surface area contributed by atoms with Crippen LogP contribution in [0.2, 0.25) is 9.36 Å². The van der Waals surface area contributed by atoms with Gasteiger partial charge in [0.15, 0.2) is 0 Å². The zero-order chi connectivity index (χ0) is 18.7. The van der Waals surface area contributed by atoms with E-state index in [4.69, 9.17) is 23.2 Å². The van der Waals surface area contributed by atoms with E-state index in [-0.39, 0.29) is 11.8 Å². The number of thiophene rings is 1. The van der Waals surface area contributed by atoms with Crippen LogP contribution in [0.1, 0.15) is 28.5 Å². The van der Waals surface area contributed by atoms with Crippen LogP contribution in [0.5, 0.6) is 0 Å². The highest BCUT2D eigenvalue weighted by molar-refractivity contribution is 7.20. The zero-order valence-electron chi connectivity index (χ0n) is 14.0. The van der Waals surface area contributed by atoms with Crippen molar-refractivity contribution in [3.63, 3.8) is 0 Å². The molecule has 4 heterocycles. The normalized spacial score (nSPS) is 16.6. The Hall–Kier alpha value is -1.93. The monoisotopic (exact) mass is 434 g/mol. The van der Waals surface area contributed by atoms with E-state index in [1.165, 1.54) is 22.7 Å². The van der Waals surface area contributed by atoms with Gasteiger partial charge in [-0.15, -0.1) is 11.3 Å². The van der Waals surface area contributed by atoms with Gasteiger partial charge in [0.2, 0.25) is 11.0 Å². The number of amides is 1. The Labute approximate surface area is 172 Å². The smallest absolute Gasteiger partial charge is 0.226 e. The number of rotatable bonds is 2. The number of aryl methyl sites for hydroxylation is 1. The number of benzene rings is 1. The number of nitrogens with zero attached hydrogens (tertiary/aromatic N) is 3. The van der Waals surface area contributed by atoms with Gasteiger partial charge in [0.25, 0.3) is 0 Å². The average Bonchev–Trinajstić information content (AvgIpc) is 3.29. The van der Waals surface area contributed by atoms with E-state index in [1.807, 2.05) is 31.2 Å². The van der Waals surface area contributed by atoms with Crippen LogP contribution in [0.25, 0.3) is 15.3 Å². The summed E-state index contributed by atoms with van der Waals surface area (Å²) in [5.41, 5.74) is 2.72. The third-order valence-electron chi connectivity index (χ3n) is 4.57. The molecule has 0 aliphatic carbocycles. The molecule has 9 heteroatoms. The summed E-state index contributed by atoms with van der Waals surface area (Å²) in [5, 5.41) is 8.96. The lowest BCUT2D eigenvalue weighted by Gasteiger charge is -2.23. The van der Waals surface area contributed by atoms with Gasteiger partial charge in [-0.25, -0.2) is 4.98 Å². The lowest BCUT2D eigenvalue weighted by atomic mass is 9.91. The third kappa shape index (κ3) is 2.77. The Morgan fingerprint density at radius 2 is 2.07 bits per heavy atom. The van der Waals surface area contributed by atoms with Crippen LogP contribution in [-0.4, -0.2) is 20.7 Å². The maximum atomic E-state index is 12.5. The molecule has 0 radical (unpaired) electrons. The van der Waals surface area contributed by atoms with Crippen molar-refractivity contribution in [3.8, 4) is 5.13 Å². The average molecular weight is 435 g/mol. The van der Waals surface area contributed by atoms with Crippen LogP contribution in [0.15, 0.2) is 30.3 Å². The number of anilines is 1. The SMILES string of the molecule is Cc1nn(-c2nc3ccccc3s2)c2c1C(c1sc(Cl)cc1Cl)CC(=O)N2. The quantitative estimate of drug-likeness (QED) is 0.444. The summed E-state index contributed by atoms with van der Waals surface area (Å²) in [6.45, 7) is 1.94. The molecule has 0 saturated carbocycles. The fourth-order valence-electron chi connectivity index (χ4n) is 3.45. The third-order valence-corrected chi connectivity index (χ3v) is 7.38. The summed E-state index contributed by atoms with van der Waals surface area (Å²) in [5.74, 6) is 0.422. The van der Waals surface area contributed by atoms with Gasteiger partial charge in [-0.05, 0) is 25.1 Å². The molecule has 1 unspecified atom stereocenters. The van der Waals surface area contributed by atoms with E-state index in [0.29, 0.717) is 21.6 Å². The lowest BCUT2D eigenvalue weighted by molar-refractivity contribution is -0.116. The summed E-state index contributed by atoms with van der Waals surface area (Å²) in [4.78, 5) is 18.0. The number of hydrogen-bond acceptors (Lipinski definition) is 5. The predicted molar refractivity (Wildman–Crippen MR) is 111 cm³/mol. The molecule has 0 saturated heterocycles. The Bertz CT molecular complexity index is 1180. The molecule has 27 heavy (non-hydrogen) atoms. The maximum absolute atomic E-state index is 12.5. The highest BCUT2D eigenvalue weighted by atomic mass is 35.5. The molecule has 5 nitrogen and oxygen atoms in total. The number of halogens is 2. The van der Waals surface area contributed by atoms with Gasteiger partial charge >= 0.3 is 0 Å². The van der Waals surface area contributed by atoms with E-state index in [2.05, 4.69) is 15.4 Å². The minimum Gasteiger partial charge on any atom is -0.310 e. The zero-order valence-corrected chi connectivity index (χ0v) is 17.1. The summed E-state index contributed by atoms with van der Waals surface area (Å²) in [6, 6.07) is 9.65. The standard InChI is InChI=1S/C18H12Cl2N4OS2/c1-8-15-9(16-10(19)7-13(20)27-16)6-14(25)22-17(15)24(23-8)18-21-11-4-2-3-5-12(11)26-18/h2-5,7,9H,6H2,1H3,(H,22,25). The fraction of sp³-hybridized carbons (Fsp3) is 0.167. The van der Waals surface area contributed by atoms with Crippen LogP contribution in [0.4, 0.5) is 5.82 Å². The van der Waals surface area contributed by atoms with E-state index >= 15 is 0 Å². The van der Waals surface area contributed by atoms with Gasteiger partial charge < -0.3 is 5.32 Å². The summed E-state index contributed by atoms with van der Waals surface area (Å²) >= 11 is 15.5. The first kappa shape index (κ1) is 17.2. The molecule has 5 rings (SSSR count). The van der Waals surface area contributed by atoms with Gasteiger partial charge in [-0.1, -0.05) is 46.7 Å². The number of aromatic nitrogens is 3. The second-order valence-corrected chi connectivity index (χ2v) is 9.42. The summed E-state index contributed by atoms with van der Waals surface area (Å²) in [7, 11) is 0. The molecule has 0 spiro atoms. The van der Waals surface area contributed by atoms with Crippen molar-refractivity contribution in [2.75, 3.05) is 5.32 Å². The lowest BCUT2D eigenvalue weighted by Crippen LogP contribution is -2.24. The van der Waals surface area contributed by atoms with Gasteiger partial charge in [-0.2, -0.15) is 9.78 Å². The first-order chi connectivity index (χ1) is 13.0. The molecule has 1 atom stereocenters. The van der Waals surface area contributed by atoms with Gasteiger partial charge in [0.05, 0.1) is 25.3 Å². The first-order valence-electron chi connectivity index (χ1n) is 8.21. The number of nitrogens with one attached hydrogen (secondary N) is 1. The fourth-order valence-corrected chi connectivity index (χ4v) is 6.10. The minimum atomic E-state index is -0.165. The number of fused-ring (bicyclic) bond motifs is 2. The second-order valence-electron chi connectivity index (χ2n) is 6.29. The molecule has 0 bridgehead atoms. The Balaban J connectivity index is 1.70. The Kier molecular flexibility index (Phi) is 4.01.